The van der Waals surface area contributed by atoms with Crippen molar-refractivity contribution in [3.63, 3.8) is 0 Å². The van der Waals surface area contributed by atoms with Crippen molar-refractivity contribution >= 4 is 22.6 Å². The van der Waals surface area contributed by atoms with Crippen LogP contribution in [-0.4, -0.2) is 20.1 Å². The average Bonchev–Trinajstić information content (AvgIpc) is 3.00. The summed E-state index contributed by atoms with van der Waals surface area (Å²) < 4.78 is 1.18. The summed E-state index contributed by atoms with van der Waals surface area (Å²) in [5, 5.41) is 18.8. The fourth-order valence-electron chi connectivity index (χ4n) is 2.06. The minimum absolute atomic E-state index is 0.532. The number of aliphatic hydroxyl groups is 1. The van der Waals surface area contributed by atoms with E-state index in [0.29, 0.717) is 12.1 Å². The van der Waals surface area contributed by atoms with E-state index in [1.54, 1.807) is 6.20 Å². The summed E-state index contributed by atoms with van der Waals surface area (Å²) in [5.41, 5.74) is 2.54. The number of halogens is 1. The SMILES string of the molecule is OC(Cc1ccc(I)cc1)c1cnn(-c2ccccc2)n1. The van der Waals surface area contributed by atoms with Gasteiger partial charge in [0.2, 0.25) is 0 Å². The van der Waals surface area contributed by atoms with E-state index >= 15 is 0 Å². The van der Waals surface area contributed by atoms with E-state index in [1.807, 2.05) is 54.6 Å². The van der Waals surface area contributed by atoms with Crippen LogP contribution in [0.15, 0.2) is 60.8 Å². The summed E-state index contributed by atoms with van der Waals surface area (Å²) in [5.74, 6) is 0. The maximum absolute atomic E-state index is 10.3. The highest BCUT2D eigenvalue weighted by molar-refractivity contribution is 14.1. The van der Waals surface area contributed by atoms with E-state index in [1.165, 1.54) is 8.37 Å². The van der Waals surface area contributed by atoms with Gasteiger partial charge in [-0.15, -0.1) is 0 Å². The van der Waals surface area contributed by atoms with Gasteiger partial charge in [-0.1, -0.05) is 30.3 Å². The van der Waals surface area contributed by atoms with Crippen LogP contribution in [-0.2, 0) is 6.42 Å². The Labute approximate surface area is 136 Å². The van der Waals surface area contributed by atoms with Crippen molar-refractivity contribution in [1.29, 1.82) is 0 Å². The first-order valence-electron chi connectivity index (χ1n) is 6.62. The second kappa shape index (κ2) is 6.36. The number of aromatic nitrogens is 3. The molecule has 4 nitrogen and oxygen atoms in total. The molecule has 1 unspecified atom stereocenters. The highest BCUT2D eigenvalue weighted by Gasteiger charge is 2.13. The summed E-state index contributed by atoms with van der Waals surface area (Å²) >= 11 is 2.26. The van der Waals surface area contributed by atoms with Crippen molar-refractivity contribution in [2.45, 2.75) is 12.5 Å². The third kappa shape index (κ3) is 3.48. The molecule has 0 amide bonds. The second-order valence-electron chi connectivity index (χ2n) is 4.74. The number of hydrogen-bond donors (Lipinski definition) is 1. The third-order valence-corrected chi connectivity index (χ3v) is 3.90. The fourth-order valence-corrected chi connectivity index (χ4v) is 2.42. The molecule has 0 aliphatic rings. The number of aliphatic hydroxyl groups excluding tert-OH is 1. The van der Waals surface area contributed by atoms with Gasteiger partial charge in [-0.3, -0.25) is 0 Å². The molecule has 3 rings (SSSR count). The fraction of sp³-hybridized carbons (Fsp3) is 0.125. The average molecular weight is 391 g/mol. The molecule has 1 atom stereocenters. The Balaban J connectivity index is 1.75. The molecule has 106 valence electrons. The minimum Gasteiger partial charge on any atom is -0.386 e. The Morgan fingerprint density at radius 2 is 1.76 bits per heavy atom. The van der Waals surface area contributed by atoms with Gasteiger partial charge in [-0.2, -0.15) is 15.0 Å². The van der Waals surface area contributed by atoms with Gasteiger partial charge >= 0.3 is 0 Å². The molecule has 0 fully saturated rings. The Morgan fingerprint density at radius 3 is 2.48 bits per heavy atom. The van der Waals surface area contributed by atoms with E-state index in [0.717, 1.165) is 11.3 Å². The molecule has 5 heteroatoms. The monoisotopic (exact) mass is 391 g/mol. The van der Waals surface area contributed by atoms with Crippen LogP contribution in [0, 0.1) is 3.57 Å². The van der Waals surface area contributed by atoms with Gasteiger partial charge in [0, 0.05) is 9.99 Å². The predicted octanol–water partition coefficient (Wildman–Crippen LogP) is 3.15. The van der Waals surface area contributed by atoms with Crippen molar-refractivity contribution in [3.05, 3.63) is 75.6 Å². The molecule has 3 aromatic rings. The number of rotatable bonds is 4. The maximum Gasteiger partial charge on any atom is 0.112 e. The summed E-state index contributed by atoms with van der Waals surface area (Å²) in [6.07, 6.45) is 1.50. The summed E-state index contributed by atoms with van der Waals surface area (Å²) in [6.45, 7) is 0. The maximum atomic E-state index is 10.3. The van der Waals surface area contributed by atoms with Gasteiger partial charge in [0.25, 0.3) is 0 Å². The quantitative estimate of drug-likeness (QED) is 0.696. The van der Waals surface area contributed by atoms with Crippen LogP contribution in [0.5, 0.6) is 0 Å². The Bertz CT molecular complexity index is 710. The first-order chi connectivity index (χ1) is 10.2. The lowest BCUT2D eigenvalue weighted by atomic mass is 10.1. The molecule has 1 N–H and O–H groups in total. The van der Waals surface area contributed by atoms with Gasteiger partial charge in [0.15, 0.2) is 0 Å². The van der Waals surface area contributed by atoms with Gasteiger partial charge in [-0.05, 0) is 52.4 Å². The number of benzene rings is 2. The van der Waals surface area contributed by atoms with Crippen molar-refractivity contribution in [3.8, 4) is 5.69 Å². The zero-order valence-electron chi connectivity index (χ0n) is 11.2. The molecule has 1 heterocycles. The van der Waals surface area contributed by atoms with Crippen LogP contribution < -0.4 is 0 Å². The smallest absolute Gasteiger partial charge is 0.112 e. The predicted molar refractivity (Wildman–Crippen MR) is 89.2 cm³/mol. The van der Waals surface area contributed by atoms with Gasteiger partial charge in [0.05, 0.1) is 11.9 Å². The summed E-state index contributed by atoms with van der Waals surface area (Å²) in [4.78, 5) is 1.53. The van der Waals surface area contributed by atoms with E-state index in [9.17, 15) is 5.11 Å². The van der Waals surface area contributed by atoms with E-state index < -0.39 is 6.10 Å². The first-order valence-corrected chi connectivity index (χ1v) is 7.70. The van der Waals surface area contributed by atoms with Crippen molar-refractivity contribution in [1.82, 2.24) is 15.0 Å². The number of para-hydroxylation sites is 1. The van der Waals surface area contributed by atoms with Crippen molar-refractivity contribution in [2.75, 3.05) is 0 Å². The third-order valence-electron chi connectivity index (χ3n) is 3.18. The highest BCUT2D eigenvalue weighted by Crippen LogP contribution is 2.17. The van der Waals surface area contributed by atoms with Crippen LogP contribution in [0.3, 0.4) is 0 Å². The lowest BCUT2D eigenvalue weighted by Gasteiger charge is -2.07. The Morgan fingerprint density at radius 1 is 1.05 bits per heavy atom. The van der Waals surface area contributed by atoms with Crippen LogP contribution >= 0.6 is 22.6 Å². The van der Waals surface area contributed by atoms with Gasteiger partial charge in [0.1, 0.15) is 11.8 Å². The molecule has 0 saturated carbocycles. The lowest BCUT2D eigenvalue weighted by molar-refractivity contribution is 0.173. The largest absolute Gasteiger partial charge is 0.386 e. The summed E-state index contributed by atoms with van der Waals surface area (Å²) in [7, 11) is 0. The van der Waals surface area contributed by atoms with E-state index in [-0.39, 0.29) is 0 Å². The number of nitrogens with zero attached hydrogens (tertiary/aromatic N) is 3. The second-order valence-corrected chi connectivity index (χ2v) is 5.99. The molecule has 2 aromatic carbocycles. The molecule has 0 bridgehead atoms. The minimum atomic E-state index is -0.650. The van der Waals surface area contributed by atoms with Crippen molar-refractivity contribution < 1.29 is 5.11 Å². The van der Waals surface area contributed by atoms with E-state index in [4.69, 9.17) is 0 Å². The Hall–Kier alpha value is -1.73. The topological polar surface area (TPSA) is 50.9 Å². The molecular formula is C16H14IN3O. The van der Waals surface area contributed by atoms with Crippen LogP contribution in [0.1, 0.15) is 17.4 Å². The molecular weight excluding hydrogens is 377 g/mol. The first kappa shape index (κ1) is 14.2. The molecule has 0 aliphatic carbocycles. The zero-order valence-corrected chi connectivity index (χ0v) is 13.4. The molecule has 0 spiro atoms. The van der Waals surface area contributed by atoms with Gasteiger partial charge < -0.3 is 5.11 Å². The van der Waals surface area contributed by atoms with E-state index in [2.05, 4.69) is 32.8 Å². The summed E-state index contributed by atoms with van der Waals surface area (Å²) in [6, 6.07) is 17.8. The molecule has 1 aromatic heterocycles. The van der Waals surface area contributed by atoms with Crippen LogP contribution in [0.2, 0.25) is 0 Å². The van der Waals surface area contributed by atoms with Crippen LogP contribution in [0.25, 0.3) is 5.69 Å². The Kier molecular flexibility index (Phi) is 4.31. The zero-order chi connectivity index (χ0) is 14.7. The van der Waals surface area contributed by atoms with Crippen LogP contribution in [0.4, 0.5) is 0 Å². The molecule has 0 saturated heterocycles. The number of hydrogen-bond acceptors (Lipinski definition) is 3. The molecule has 0 aliphatic heterocycles. The normalized spacial score (nSPS) is 12.3. The highest BCUT2D eigenvalue weighted by atomic mass is 127. The molecule has 0 radical (unpaired) electrons. The standard InChI is InChI=1S/C16H14IN3O/c17-13-8-6-12(7-9-13)10-16(21)15-11-18-20(19-15)14-4-2-1-3-5-14/h1-9,11,16,21H,10H2. The lowest BCUT2D eigenvalue weighted by Crippen LogP contribution is -2.04. The molecule has 21 heavy (non-hydrogen) atoms. The van der Waals surface area contributed by atoms with Gasteiger partial charge in [-0.25, -0.2) is 0 Å². The van der Waals surface area contributed by atoms with Crippen molar-refractivity contribution in [2.24, 2.45) is 0 Å².